The molecule has 0 saturated heterocycles. The third kappa shape index (κ3) is 3.95. The number of carbonyl (C=O) groups excluding carboxylic acids is 1. The number of hydrogen-bond donors (Lipinski definition) is 1. The number of amides is 1. The second kappa shape index (κ2) is 6.75. The van der Waals surface area contributed by atoms with Crippen LogP contribution in [0.3, 0.4) is 0 Å². The van der Waals surface area contributed by atoms with Gasteiger partial charge in [0.25, 0.3) is 5.91 Å². The van der Waals surface area contributed by atoms with E-state index >= 15 is 0 Å². The van der Waals surface area contributed by atoms with Crippen LogP contribution in [0.25, 0.3) is 0 Å². The second-order valence-corrected chi connectivity index (χ2v) is 4.90. The predicted octanol–water partition coefficient (Wildman–Crippen LogP) is 4.87. The maximum atomic E-state index is 13.1. The predicted molar refractivity (Wildman–Crippen MR) is 87.3 cm³/mol. The summed E-state index contributed by atoms with van der Waals surface area (Å²) in [5, 5.41) is 2.72. The molecule has 23 heavy (non-hydrogen) atoms. The topological polar surface area (TPSA) is 38.3 Å². The molecule has 3 aromatic rings. The summed E-state index contributed by atoms with van der Waals surface area (Å²) in [5.74, 6) is 0.606. The number of anilines is 1. The normalized spacial score (nSPS) is 10.1. The summed E-state index contributed by atoms with van der Waals surface area (Å²) < 4.78 is 18.8. The third-order valence-corrected chi connectivity index (χ3v) is 3.18. The van der Waals surface area contributed by atoms with Crippen molar-refractivity contribution in [1.82, 2.24) is 0 Å². The van der Waals surface area contributed by atoms with Gasteiger partial charge in [-0.3, -0.25) is 4.79 Å². The Bertz CT molecular complexity index is 801. The van der Waals surface area contributed by atoms with Gasteiger partial charge in [0.15, 0.2) is 0 Å². The van der Waals surface area contributed by atoms with Crippen molar-refractivity contribution in [3.63, 3.8) is 0 Å². The Morgan fingerprint density at radius 2 is 1.52 bits per heavy atom. The van der Waals surface area contributed by atoms with Crippen molar-refractivity contribution in [3.05, 3.63) is 90.2 Å². The van der Waals surface area contributed by atoms with Crippen molar-refractivity contribution in [2.24, 2.45) is 0 Å². The Hall–Kier alpha value is -3.14. The monoisotopic (exact) mass is 307 g/mol. The third-order valence-electron chi connectivity index (χ3n) is 3.18. The molecule has 0 aliphatic heterocycles. The number of benzene rings is 3. The van der Waals surface area contributed by atoms with Crippen LogP contribution < -0.4 is 10.1 Å². The van der Waals surface area contributed by atoms with Crippen LogP contribution in [-0.4, -0.2) is 5.91 Å². The quantitative estimate of drug-likeness (QED) is 0.746. The smallest absolute Gasteiger partial charge is 0.255 e. The number of rotatable bonds is 4. The molecular formula is C19H14FNO2. The minimum absolute atomic E-state index is 0.273. The molecule has 114 valence electrons. The maximum absolute atomic E-state index is 13.1. The van der Waals surface area contributed by atoms with Gasteiger partial charge in [-0.15, -0.1) is 0 Å². The molecule has 3 rings (SSSR count). The summed E-state index contributed by atoms with van der Waals surface area (Å²) in [6.45, 7) is 0. The molecule has 1 amide bonds. The number of hydrogen-bond acceptors (Lipinski definition) is 2. The summed E-state index contributed by atoms with van der Waals surface area (Å²) in [4.78, 5) is 12.0. The summed E-state index contributed by atoms with van der Waals surface area (Å²) in [6, 6.07) is 22.0. The van der Waals surface area contributed by atoms with Gasteiger partial charge in [0.05, 0.1) is 0 Å². The van der Waals surface area contributed by atoms with Crippen molar-refractivity contribution >= 4 is 11.6 Å². The Morgan fingerprint density at radius 1 is 0.826 bits per heavy atom. The van der Waals surface area contributed by atoms with Crippen molar-refractivity contribution in [2.45, 2.75) is 0 Å². The first kappa shape index (κ1) is 14.8. The van der Waals surface area contributed by atoms with E-state index in [1.165, 1.54) is 18.2 Å². The van der Waals surface area contributed by atoms with E-state index in [0.29, 0.717) is 11.4 Å². The highest BCUT2D eigenvalue weighted by molar-refractivity contribution is 6.04. The second-order valence-electron chi connectivity index (χ2n) is 4.90. The minimum Gasteiger partial charge on any atom is -0.457 e. The summed E-state index contributed by atoms with van der Waals surface area (Å²) in [5.41, 5.74) is 0.884. The molecular weight excluding hydrogens is 293 g/mol. The van der Waals surface area contributed by atoms with Gasteiger partial charge in [0.1, 0.15) is 17.3 Å². The zero-order valence-corrected chi connectivity index (χ0v) is 12.2. The number of nitrogens with one attached hydrogen (secondary N) is 1. The highest BCUT2D eigenvalue weighted by Gasteiger charge is 2.07. The average molecular weight is 307 g/mol. The van der Waals surface area contributed by atoms with Gasteiger partial charge < -0.3 is 10.1 Å². The molecule has 0 bridgehead atoms. The molecule has 0 unspecified atom stereocenters. The molecule has 0 aliphatic rings. The summed E-state index contributed by atoms with van der Waals surface area (Å²) in [6.07, 6.45) is 0. The molecule has 0 aliphatic carbocycles. The molecule has 0 aromatic heterocycles. The van der Waals surface area contributed by atoms with E-state index in [4.69, 9.17) is 4.74 Å². The number of para-hydroxylation sites is 1. The Kier molecular flexibility index (Phi) is 4.34. The van der Waals surface area contributed by atoms with E-state index in [-0.39, 0.29) is 11.5 Å². The zero-order valence-electron chi connectivity index (χ0n) is 12.2. The summed E-state index contributed by atoms with van der Waals surface area (Å²) >= 11 is 0. The first-order valence-corrected chi connectivity index (χ1v) is 7.10. The van der Waals surface area contributed by atoms with E-state index in [2.05, 4.69) is 5.32 Å². The Labute approximate surface area is 133 Å². The van der Waals surface area contributed by atoms with Gasteiger partial charge in [-0.1, -0.05) is 24.3 Å². The van der Waals surface area contributed by atoms with E-state index < -0.39 is 5.82 Å². The van der Waals surface area contributed by atoms with Crippen LogP contribution in [-0.2, 0) is 0 Å². The molecule has 0 spiro atoms. The van der Waals surface area contributed by atoms with Gasteiger partial charge in [-0.2, -0.15) is 0 Å². The van der Waals surface area contributed by atoms with Crippen molar-refractivity contribution in [3.8, 4) is 11.5 Å². The molecule has 0 radical (unpaired) electrons. The van der Waals surface area contributed by atoms with Gasteiger partial charge in [-0.25, -0.2) is 4.39 Å². The van der Waals surface area contributed by atoms with Crippen LogP contribution in [0.5, 0.6) is 11.5 Å². The van der Waals surface area contributed by atoms with Crippen LogP contribution in [0.2, 0.25) is 0 Å². The van der Waals surface area contributed by atoms with Crippen LogP contribution in [0.4, 0.5) is 10.1 Å². The van der Waals surface area contributed by atoms with Crippen molar-refractivity contribution in [1.29, 1.82) is 0 Å². The largest absolute Gasteiger partial charge is 0.457 e. The van der Waals surface area contributed by atoms with Crippen LogP contribution >= 0.6 is 0 Å². The minimum atomic E-state index is -0.441. The fourth-order valence-electron chi connectivity index (χ4n) is 2.06. The van der Waals surface area contributed by atoms with Gasteiger partial charge in [0.2, 0.25) is 0 Å². The summed E-state index contributed by atoms with van der Waals surface area (Å²) in [7, 11) is 0. The highest BCUT2D eigenvalue weighted by Crippen LogP contribution is 2.22. The van der Waals surface area contributed by atoms with E-state index in [0.717, 1.165) is 5.75 Å². The number of halogens is 1. The highest BCUT2D eigenvalue weighted by atomic mass is 19.1. The average Bonchev–Trinajstić information content (AvgIpc) is 2.57. The van der Waals surface area contributed by atoms with Crippen molar-refractivity contribution < 1.29 is 13.9 Å². The first-order valence-electron chi connectivity index (χ1n) is 7.10. The fraction of sp³-hybridized carbons (Fsp3) is 0. The molecule has 3 nitrogen and oxygen atoms in total. The molecule has 0 heterocycles. The van der Waals surface area contributed by atoms with E-state index in [1.807, 2.05) is 30.3 Å². The number of carbonyl (C=O) groups is 1. The molecule has 0 atom stereocenters. The standard InChI is InChI=1S/C19H14FNO2/c20-15-6-4-5-14(13-15)19(22)21-16-9-11-18(12-10-16)23-17-7-2-1-3-8-17/h1-13H,(H,21,22). The van der Waals surface area contributed by atoms with Crippen LogP contribution in [0.15, 0.2) is 78.9 Å². The molecule has 4 heteroatoms. The molecule has 1 N–H and O–H groups in total. The number of ether oxygens (including phenoxy) is 1. The van der Waals surface area contributed by atoms with Gasteiger partial charge >= 0.3 is 0 Å². The van der Waals surface area contributed by atoms with Crippen molar-refractivity contribution in [2.75, 3.05) is 5.32 Å². The molecule has 0 fully saturated rings. The lowest BCUT2D eigenvalue weighted by atomic mass is 10.2. The lowest BCUT2D eigenvalue weighted by Gasteiger charge is -2.08. The molecule has 0 saturated carbocycles. The van der Waals surface area contributed by atoms with Crippen LogP contribution in [0.1, 0.15) is 10.4 Å². The van der Waals surface area contributed by atoms with E-state index in [1.54, 1.807) is 30.3 Å². The lowest BCUT2D eigenvalue weighted by molar-refractivity contribution is 0.102. The van der Waals surface area contributed by atoms with Gasteiger partial charge in [-0.05, 0) is 54.6 Å². The Balaban J connectivity index is 1.67. The van der Waals surface area contributed by atoms with Gasteiger partial charge in [0, 0.05) is 11.3 Å². The SMILES string of the molecule is O=C(Nc1ccc(Oc2ccccc2)cc1)c1cccc(F)c1. The van der Waals surface area contributed by atoms with Crippen LogP contribution in [0, 0.1) is 5.82 Å². The van der Waals surface area contributed by atoms with E-state index in [9.17, 15) is 9.18 Å². The fourth-order valence-corrected chi connectivity index (χ4v) is 2.06. The first-order chi connectivity index (χ1) is 11.2. The maximum Gasteiger partial charge on any atom is 0.255 e. The lowest BCUT2D eigenvalue weighted by Crippen LogP contribution is -2.11. The zero-order chi connectivity index (χ0) is 16.1. The molecule has 3 aromatic carbocycles. The Morgan fingerprint density at radius 3 is 2.22 bits per heavy atom.